The Labute approximate surface area is 86.0 Å². The first-order valence-electron chi connectivity index (χ1n) is 4.43. The standard InChI is InChI=1S/C9H11N3OS/c1-2-12-8(3-5-10-12)9(13)7-4-6-14-11-7/h3-6,9,13H,2H2,1H3. The molecule has 5 heteroatoms. The Morgan fingerprint density at radius 3 is 3.07 bits per heavy atom. The largest absolute Gasteiger partial charge is 0.380 e. The molecule has 1 atom stereocenters. The second kappa shape index (κ2) is 3.89. The van der Waals surface area contributed by atoms with Gasteiger partial charge in [-0.1, -0.05) is 0 Å². The van der Waals surface area contributed by atoms with Gasteiger partial charge in [0.25, 0.3) is 0 Å². The highest BCUT2D eigenvalue weighted by atomic mass is 32.1. The molecule has 2 aromatic heterocycles. The average Bonchev–Trinajstić information content (AvgIpc) is 2.87. The van der Waals surface area contributed by atoms with Crippen molar-refractivity contribution in [2.45, 2.75) is 19.6 Å². The topological polar surface area (TPSA) is 50.9 Å². The third-order valence-electron chi connectivity index (χ3n) is 2.07. The molecule has 2 rings (SSSR count). The molecule has 0 aliphatic carbocycles. The Hall–Kier alpha value is -1.20. The predicted molar refractivity (Wildman–Crippen MR) is 54.1 cm³/mol. The van der Waals surface area contributed by atoms with E-state index in [4.69, 9.17) is 0 Å². The first-order chi connectivity index (χ1) is 6.83. The quantitative estimate of drug-likeness (QED) is 0.832. The van der Waals surface area contributed by atoms with Crippen LogP contribution < -0.4 is 0 Å². The van der Waals surface area contributed by atoms with Crippen molar-refractivity contribution in [2.75, 3.05) is 0 Å². The lowest BCUT2D eigenvalue weighted by Crippen LogP contribution is -2.09. The Bertz CT molecular complexity index is 396. The summed E-state index contributed by atoms with van der Waals surface area (Å²) in [5.41, 5.74) is 1.48. The fraction of sp³-hybridized carbons (Fsp3) is 0.333. The summed E-state index contributed by atoms with van der Waals surface area (Å²) >= 11 is 1.34. The zero-order chi connectivity index (χ0) is 9.97. The second-order valence-corrected chi connectivity index (χ2v) is 3.56. The van der Waals surface area contributed by atoms with Crippen LogP contribution in [0.1, 0.15) is 24.4 Å². The number of hydrogen-bond acceptors (Lipinski definition) is 4. The van der Waals surface area contributed by atoms with Crippen LogP contribution in [-0.2, 0) is 6.54 Å². The van der Waals surface area contributed by atoms with E-state index in [0.29, 0.717) is 5.69 Å². The lowest BCUT2D eigenvalue weighted by molar-refractivity contribution is 0.204. The van der Waals surface area contributed by atoms with Gasteiger partial charge >= 0.3 is 0 Å². The number of aromatic nitrogens is 3. The van der Waals surface area contributed by atoms with Gasteiger partial charge in [0.15, 0.2) is 0 Å². The summed E-state index contributed by atoms with van der Waals surface area (Å²) in [5, 5.41) is 15.9. The number of aliphatic hydroxyl groups is 1. The average molecular weight is 209 g/mol. The van der Waals surface area contributed by atoms with E-state index in [9.17, 15) is 5.11 Å². The first-order valence-corrected chi connectivity index (χ1v) is 5.26. The number of nitrogens with zero attached hydrogens (tertiary/aromatic N) is 3. The van der Waals surface area contributed by atoms with Crippen LogP contribution in [-0.4, -0.2) is 19.3 Å². The van der Waals surface area contributed by atoms with Crippen molar-refractivity contribution in [3.63, 3.8) is 0 Å². The maximum absolute atomic E-state index is 9.96. The molecule has 0 aliphatic heterocycles. The third kappa shape index (κ3) is 1.56. The van der Waals surface area contributed by atoms with Crippen molar-refractivity contribution >= 4 is 11.5 Å². The van der Waals surface area contributed by atoms with Gasteiger partial charge in [-0.25, -0.2) is 0 Å². The van der Waals surface area contributed by atoms with Crippen LogP contribution in [0.5, 0.6) is 0 Å². The van der Waals surface area contributed by atoms with E-state index in [1.165, 1.54) is 11.5 Å². The zero-order valence-electron chi connectivity index (χ0n) is 7.79. The molecule has 74 valence electrons. The molecule has 1 unspecified atom stereocenters. The molecule has 1 N–H and O–H groups in total. The second-order valence-electron chi connectivity index (χ2n) is 2.90. The van der Waals surface area contributed by atoms with Crippen molar-refractivity contribution in [3.8, 4) is 0 Å². The van der Waals surface area contributed by atoms with Crippen LogP contribution in [0.2, 0.25) is 0 Å². The fourth-order valence-electron chi connectivity index (χ4n) is 1.35. The Kier molecular flexibility index (Phi) is 2.60. The molecule has 14 heavy (non-hydrogen) atoms. The number of rotatable bonds is 3. The molecule has 0 saturated carbocycles. The highest BCUT2D eigenvalue weighted by Crippen LogP contribution is 2.20. The van der Waals surface area contributed by atoms with Crippen LogP contribution in [0.25, 0.3) is 0 Å². The summed E-state index contributed by atoms with van der Waals surface area (Å²) in [6.07, 6.45) is 1.03. The normalized spacial score (nSPS) is 13.0. The minimum absolute atomic E-state index is 0.663. The highest BCUT2D eigenvalue weighted by Gasteiger charge is 2.16. The molecule has 4 nitrogen and oxygen atoms in total. The van der Waals surface area contributed by atoms with E-state index in [1.807, 2.05) is 24.4 Å². The van der Waals surface area contributed by atoms with Crippen LogP contribution in [0.4, 0.5) is 0 Å². The number of aryl methyl sites for hydroxylation is 1. The molecule has 0 spiro atoms. The van der Waals surface area contributed by atoms with Gasteiger partial charge in [-0.05, 0) is 30.6 Å². The van der Waals surface area contributed by atoms with Gasteiger partial charge in [0.05, 0.1) is 11.4 Å². The summed E-state index contributed by atoms with van der Waals surface area (Å²) < 4.78 is 5.87. The Balaban J connectivity index is 2.31. The first kappa shape index (κ1) is 9.36. The molecule has 2 aromatic rings. The summed E-state index contributed by atoms with van der Waals surface area (Å²) in [4.78, 5) is 0. The monoisotopic (exact) mass is 209 g/mol. The fourth-order valence-corrected chi connectivity index (χ4v) is 1.90. The molecular weight excluding hydrogens is 198 g/mol. The summed E-state index contributed by atoms with van der Waals surface area (Å²) in [7, 11) is 0. The smallest absolute Gasteiger partial charge is 0.139 e. The van der Waals surface area contributed by atoms with Crippen molar-refractivity contribution in [1.29, 1.82) is 0 Å². The zero-order valence-corrected chi connectivity index (χ0v) is 8.61. The number of aliphatic hydroxyl groups excluding tert-OH is 1. The summed E-state index contributed by atoms with van der Waals surface area (Å²) in [5.74, 6) is 0. The van der Waals surface area contributed by atoms with Crippen LogP contribution in [0.3, 0.4) is 0 Å². The highest BCUT2D eigenvalue weighted by molar-refractivity contribution is 7.03. The lowest BCUT2D eigenvalue weighted by atomic mass is 10.2. The van der Waals surface area contributed by atoms with E-state index < -0.39 is 6.10 Å². The van der Waals surface area contributed by atoms with Gasteiger partial charge in [-0.2, -0.15) is 9.47 Å². The maximum atomic E-state index is 9.96. The molecule has 0 saturated heterocycles. The molecule has 0 aromatic carbocycles. The van der Waals surface area contributed by atoms with Gasteiger partial charge in [-0.3, -0.25) is 4.68 Å². The van der Waals surface area contributed by atoms with Crippen molar-refractivity contribution in [2.24, 2.45) is 0 Å². The molecule has 0 aliphatic rings. The molecule has 0 radical (unpaired) electrons. The summed E-state index contributed by atoms with van der Waals surface area (Å²) in [6.45, 7) is 2.74. The molecule has 0 fully saturated rings. The molecule has 0 amide bonds. The van der Waals surface area contributed by atoms with E-state index in [-0.39, 0.29) is 0 Å². The van der Waals surface area contributed by atoms with Gasteiger partial charge in [0, 0.05) is 18.1 Å². The van der Waals surface area contributed by atoms with Gasteiger partial charge in [0.1, 0.15) is 6.10 Å². The van der Waals surface area contributed by atoms with Crippen molar-refractivity contribution in [3.05, 3.63) is 35.1 Å². The summed E-state index contributed by atoms with van der Waals surface area (Å²) in [6, 6.07) is 3.63. The van der Waals surface area contributed by atoms with E-state index in [1.54, 1.807) is 10.9 Å². The third-order valence-corrected chi connectivity index (χ3v) is 2.64. The van der Waals surface area contributed by atoms with E-state index in [2.05, 4.69) is 9.47 Å². The number of hydrogen-bond donors (Lipinski definition) is 1. The Morgan fingerprint density at radius 2 is 2.43 bits per heavy atom. The van der Waals surface area contributed by atoms with E-state index >= 15 is 0 Å². The SMILES string of the molecule is CCn1nccc1C(O)c1ccsn1. The van der Waals surface area contributed by atoms with Gasteiger partial charge in [0.2, 0.25) is 0 Å². The van der Waals surface area contributed by atoms with Gasteiger partial charge < -0.3 is 5.11 Å². The minimum Gasteiger partial charge on any atom is -0.380 e. The maximum Gasteiger partial charge on any atom is 0.139 e. The molecular formula is C9H11N3OS. The van der Waals surface area contributed by atoms with Gasteiger partial charge in [-0.15, -0.1) is 0 Å². The van der Waals surface area contributed by atoms with Crippen LogP contribution >= 0.6 is 11.5 Å². The van der Waals surface area contributed by atoms with E-state index in [0.717, 1.165) is 12.2 Å². The predicted octanol–water partition coefficient (Wildman–Crippen LogP) is 1.44. The van der Waals surface area contributed by atoms with Crippen molar-refractivity contribution in [1.82, 2.24) is 14.2 Å². The minimum atomic E-state index is -0.663. The Morgan fingerprint density at radius 1 is 1.57 bits per heavy atom. The van der Waals surface area contributed by atoms with Crippen molar-refractivity contribution < 1.29 is 5.11 Å². The van der Waals surface area contributed by atoms with Crippen LogP contribution in [0, 0.1) is 0 Å². The lowest BCUT2D eigenvalue weighted by Gasteiger charge is -2.09. The van der Waals surface area contributed by atoms with Crippen LogP contribution in [0.15, 0.2) is 23.7 Å². The molecule has 0 bridgehead atoms. The molecule has 2 heterocycles.